The van der Waals surface area contributed by atoms with Crippen LogP contribution in [0.1, 0.15) is 31.1 Å². The zero-order valence-electron chi connectivity index (χ0n) is 8.40. The molecule has 2 nitrogen and oxygen atoms in total. The molecule has 1 fully saturated rings. The minimum absolute atomic E-state index is 0.218. The van der Waals surface area contributed by atoms with E-state index >= 15 is 0 Å². The summed E-state index contributed by atoms with van der Waals surface area (Å²) in [6.45, 7) is 2.78. The Kier molecular flexibility index (Phi) is 2.91. The second kappa shape index (κ2) is 4.01. The molecule has 2 unspecified atom stereocenters. The van der Waals surface area contributed by atoms with E-state index in [-0.39, 0.29) is 6.10 Å². The van der Waals surface area contributed by atoms with Crippen LogP contribution in [0.4, 0.5) is 0 Å². The third-order valence-corrected chi connectivity index (χ3v) is 3.93. The van der Waals surface area contributed by atoms with Crippen molar-refractivity contribution >= 4 is 11.3 Å². The quantitative estimate of drug-likeness (QED) is 0.816. The van der Waals surface area contributed by atoms with E-state index in [1.807, 2.05) is 17.5 Å². The highest BCUT2D eigenvalue weighted by Crippen LogP contribution is 2.37. The molecule has 78 valence electrons. The minimum atomic E-state index is -0.632. The maximum Gasteiger partial charge on any atom is 0.103 e. The predicted octanol–water partition coefficient (Wildman–Crippen LogP) is 2.52. The lowest BCUT2D eigenvalue weighted by Crippen LogP contribution is -2.37. The molecule has 1 aromatic heterocycles. The second-order valence-corrected chi connectivity index (χ2v) is 4.81. The lowest BCUT2D eigenvalue weighted by atomic mass is 9.88. The molecule has 1 aromatic rings. The smallest absolute Gasteiger partial charge is 0.103 e. The summed E-state index contributed by atoms with van der Waals surface area (Å²) in [5.74, 6) is 0. The molecular weight excluding hydrogens is 196 g/mol. The van der Waals surface area contributed by atoms with Gasteiger partial charge >= 0.3 is 0 Å². The van der Waals surface area contributed by atoms with Gasteiger partial charge in [0, 0.05) is 17.7 Å². The molecule has 1 aliphatic heterocycles. The molecule has 1 saturated heterocycles. The van der Waals surface area contributed by atoms with E-state index in [2.05, 4.69) is 6.92 Å². The maximum atomic E-state index is 10.5. The summed E-state index contributed by atoms with van der Waals surface area (Å²) in [6, 6.07) is 4.01. The molecule has 1 aliphatic rings. The molecule has 0 bridgehead atoms. The molecule has 0 aromatic carbocycles. The normalized spacial score (nSPS) is 33.1. The Morgan fingerprint density at radius 1 is 1.71 bits per heavy atom. The third-order valence-electron chi connectivity index (χ3n) is 2.87. The summed E-state index contributed by atoms with van der Waals surface area (Å²) in [5.41, 5.74) is -0.632. The molecule has 1 N–H and O–H groups in total. The van der Waals surface area contributed by atoms with Crippen molar-refractivity contribution in [1.82, 2.24) is 0 Å². The molecule has 3 heteroatoms. The number of aliphatic hydroxyl groups is 1. The highest BCUT2D eigenvalue weighted by atomic mass is 32.1. The van der Waals surface area contributed by atoms with Gasteiger partial charge in [0.15, 0.2) is 0 Å². The Bertz CT molecular complexity index is 283. The predicted molar refractivity (Wildman–Crippen MR) is 57.5 cm³/mol. The van der Waals surface area contributed by atoms with Gasteiger partial charge in [0.25, 0.3) is 0 Å². The van der Waals surface area contributed by atoms with Crippen molar-refractivity contribution in [1.29, 1.82) is 0 Å². The van der Waals surface area contributed by atoms with Gasteiger partial charge < -0.3 is 9.84 Å². The SMILES string of the molecule is CCC1CC(O)(c2cccs2)CCO1. The van der Waals surface area contributed by atoms with Crippen molar-refractivity contribution in [2.24, 2.45) is 0 Å². The van der Waals surface area contributed by atoms with Crippen LogP contribution in [0.2, 0.25) is 0 Å². The Balaban J connectivity index is 2.15. The lowest BCUT2D eigenvalue weighted by Gasteiger charge is -2.35. The Morgan fingerprint density at radius 3 is 3.21 bits per heavy atom. The van der Waals surface area contributed by atoms with Gasteiger partial charge in [-0.2, -0.15) is 0 Å². The van der Waals surface area contributed by atoms with Gasteiger partial charge in [0.1, 0.15) is 5.60 Å². The highest BCUT2D eigenvalue weighted by Gasteiger charge is 2.36. The van der Waals surface area contributed by atoms with Crippen LogP contribution in [0.5, 0.6) is 0 Å². The fourth-order valence-electron chi connectivity index (χ4n) is 1.96. The molecule has 14 heavy (non-hydrogen) atoms. The Hall–Kier alpha value is -0.380. The molecule has 0 aliphatic carbocycles. The Labute approximate surface area is 88.5 Å². The zero-order chi connectivity index (χ0) is 10.0. The summed E-state index contributed by atoms with van der Waals surface area (Å²) < 4.78 is 5.57. The first-order valence-electron chi connectivity index (χ1n) is 5.12. The number of hydrogen-bond donors (Lipinski definition) is 1. The fraction of sp³-hybridized carbons (Fsp3) is 0.636. The van der Waals surface area contributed by atoms with Crippen LogP contribution in [0.15, 0.2) is 17.5 Å². The van der Waals surface area contributed by atoms with Gasteiger partial charge in [0.2, 0.25) is 0 Å². The second-order valence-electron chi connectivity index (χ2n) is 3.86. The largest absolute Gasteiger partial charge is 0.384 e. The van der Waals surface area contributed by atoms with Crippen molar-refractivity contribution in [3.05, 3.63) is 22.4 Å². The van der Waals surface area contributed by atoms with E-state index in [4.69, 9.17) is 4.74 Å². The van der Waals surface area contributed by atoms with Crippen molar-refractivity contribution < 1.29 is 9.84 Å². The molecule has 2 atom stereocenters. The average Bonchev–Trinajstić information content (AvgIpc) is 2.71. The maximum absolute atomic E-state index is 10.5. The van der Waals surface area contributed by atoms with E-state index in [9.17, 15) is 5.11 Å². The summed E-state index contributed by atoms with van der Waals surface area (Å²) in [6.07, 6.45) is 2.66. The minimum Gasteiger partial charge on any atom is -0.384 e. The number of thiophene rings is 1. The van der Waals surface area contributed by atoms with Crippen LogP contribution in [0.25, 0.3) is 0 Å². The monoisotopic (exact) mass is 212 g/mol. The first-order valence-corrected chi connectivity index (χ1v) is 6.00. The summed E-state index contributed by atoms with van der Waals surface area (Å²) in [4.78, 5) is 1.08. The first-order chi connectivity index (χ1) is 6.74. The molecule has 0 saturated carbocycles. The van der Waals surface area contributed by atoms with Crippen LogP contribution in [-0.4, -0.2) is 17.8 Å². The van der Waals surface area contributed by atoms with Gasteiger partial charge in [-0.3, -0.25) is 0 Å². The first kappa shape index (κ1) is 10.1. The van der Waals surface area contributed by atoms with Gasteiger partial charge in [-0.1, -0.05) is 13.0 Å². The summed E-state index contributed by atoms with van der Waals surface area (Å²) in [5, 5.41) is 12.5. The molecule has 2 rings (SSSR count). The topological polar surface area (TPSA) is 29.5 Å². The highest BCUT2D eigenvalue weighted by molar-refractivity contribution is 7.10. The van der Waals surface area contributed by atoms with E-state index in [0.717, 1.165) is 24.1 Å². The standard InChI is InChI=1S/C11H16O2S/c1-2-9-8-11(12,5-6-13-9)10-4-3-7-14-10/h3-4,7,9,12H,2,5-6,8H2,1H3. The van der Waals surface area contributed by atoms with Crippen LogP contribution < -0.4 is 0 Å². The van der Waals surface area contributed by atoms with Crippen molar-refractivity contribution in [3.63, 3.8) is 0 Å². The van der Waals surface area contributed by atoms with Crippen LogP contribution in [-0.2, 0) is 10.3 Å². The van der Waals surface area contributed by atoms with E-state index in [0.29, 0.717) is 6.61 Å². The van der Waals surface area contributed by atoms with Gasteiger partial charge in [0.05, 0.1) is 12.7 Å². The van der Waals surface area contributed by atoms with Gasteiger partial charge in [-0.15, -0.1) is 11.3 Å². The average molecular weight is 212 g/mol. The molecule has 0 amide bonds. The van der Waals surface area contributed by atoms with Crippen LogP contribution in [0.3, 0.4) is 0 Å². The van der Waals surface area contributed by atoms with Crippen molar-refractivity contribution in [2.45, 2.75) is 37.9 Å². The van der Waals surface area contributed by atoms with E-state index in [1.165, 1.54) is 0 Å². The lowest BCUT2D eigenvalue weighted by molar-refractivity contribution is -0.106. The van der Waals surface area contributed by atoms with Gasteiger partial charge in [-0.25, -0.2) is 0 Å². The summed E-state index contributed by atoms with van der Waals surface area (Å²) >= 11 is 1.64. The summed E-state index contributed by atoms with van der Waals surface area (Å²) in [7, 11) is 0. The number of ether oxygens (including phenoxy) is 1. The third kappa shape index (κ3) is 1.85. The Morgan fingerprint density at radius 2 is 2.57 bits per heavy atom. The molecule has 0 radical (unpaired) electrons. The van der Waals surface area contributed by atoms with Crippen molar-refractivity contribution in [2.75, 3.05) is 6.61 Å². The fourth-order valence-corrected chi connectivity index (χ4v) is 2.83. The van der Waals surface area contributed by atoms with Gasteiger partial charge in [-0.05, 0) is 17.9 Å². The van der Waals surface area contributed by atoms with Crippen molar-refractivity contribution in [3.8, 4) is 0 Å². The molecule has 0 spiro atoms. The van der Waals surface area contributed by atoms with Crippen LogP contribution >= 0.6 is 11.3 Å². The zero-order valence-corrected chi connectivity index (χ0v) is 9.22. The molecular formula is C11H16O2S. The van der Waals surface area contributed by atoms with Crippen LogP contribution in [0, 0.1) is 0 Å². The van der Waals surface area contributed by atoms with E-state index in [1.54, 1.807) is 11.3 Å². The van der Waals surface area contributed by atoms with E-state index < -0.39 is 5.60 Å². The molecule has 2 heterocycles. The number of rotatable bonds is 2. The number of hydrogen-bond acceptors (Lipinski definition) is 3.